The lowest BCUT2D eigenvalue weighted by Gasteiger charge is -2.42. The summed E-state index contributed by atoms with van der Waals surface area (Å²) in [6.07, 6.45) is -15.0. The molecule has 10 N–H and O–H groups in total. The van der Waals surface area contributed by atoms with Crippen molar-refractivity contribution in [2.24, 2.45) is 0 Å². The molecule has 0 saturated carbocycles. The Morgan fingerprint density at radius 1 is 0.767 bits per heavy atom. The second-order valence-corrected chi connectivity index (χ2v) is 10.1. The van der Waals surface area contributed by atoms with Crippen molar-refractivity contribution < 1.29 is 74.4 Å². The maximum absolute atomic E-state index is 13.1. The molecule has 0 spiro atoms. The number of rotatable bonds is 7. The van der Waals surface area contributed by atoms with Crippen molar-refractivity contribution in [2.75, 3.05) is 13.2 Å². The van der Waals surface area contributed by atoms with Gasteiger partial charge in [0.25, 0.3) is 0 Å². The molecular weight excluding hydrogens is 580 g/mol. The molecule has 5 rings (SSSR count). The third-order valence-corrected chi connectivity index (χ3v) is 7.33. The van der Waals surface area contributed by atoms with Crippen LogP contribution in [0.1, 0.15) is 0 Å². The number of aliphatic hydroxyl groups is 7. The van der Waals surface area contributed by atoms with E-state index in [4.69, 9.17) is 23.4 Å². The van der Waals surface area contributed by atoms with Crippen LogP contribution in [0.4, 0.5) is 0 Å². The lowest BCUT2D eigenvalue weighted by atomic mass is 9.98. The molecule has 0 unspecified atom stereocenters. The normalized spacial score (nSPS) is 33.0. The SMILES string of the molecule is O=c1c(-c2cccc(O[C@@H]3O[C@H](CO[C@@H]4O[C@H](CO)[C@@H](O)[C@H](O)[C@H]4O)[C@@H](O)[C@H](O)[C@H]3O)c2)coc2cc(O)c(O)c(O)c12. The molecule has 2 fully saturated rings. The maximum Gasteiger partial charge on any atom is 0.229 e. The molecule has 0 radical (unpaired) electrons. The van der Waals surface area contributed by atoms with Crippen molar-refractivity contribution in [2.45, 2.75) is 61.4 Å². The molecule has 2 aliphatic heterocycles. The third-order valence-electron chi connectivity index (χ3n) is 7.33. The van der Waals surface area contributed by atoms with Crippen molar-refractivity contribution in [1.82, 2.24) is 0 Å². The summed E-state index contributed by atoms with van der Waals surface area (Å²) in [5.41, 5.74) is -0.778. The molecule has 0 aliphatic carbocycles. The summed E-state index contributed by atoms with van der Waals surface area (Å²) in [4.78, 5) is 13.1. The highest BCUT2D eigenvalue weighted by atomic mass is 16.7. The van der Waals surface area contributed by atoms with E-state index in [1.54, 1.807) is 0 Å². The second kappa shape index (κ2) is 12.2. The van der Waals surface area contributed by atoms with Gasteiger partial charge in [-0.25, -0.2) is 0 Å². The monoisotopic (exact) mass is 610 g/mol. The van der Waals surface area contributed by atoms with Crippen molar-refractivity contribution in [3.05, 3.63) is 46.8 Å². The van der Waals surface area contributed by atoms with E-state index in [-0.39, 0.29) is 27.8 Å². The Morgan fingerprint density at radius 2 is 1.42 bits per heavy atom. The average molecular weight is 611 g/mol. The van der Waals surface area contributed by atoms with Crippen molar-refractivity contribution in [1.29, 1.82) is 0 Å². The molecule has 3 heterocycles. The van der Waals surface area contributed by atoms with Crippen molar-refractivity contribution in [3.63, 3.8) is 0 Å². The largest absolute Gasteiger partial charge is 0.504 e. The Hall–Kier alpha value is -3.55. The quantitative estimate of drug-likeness (QED) is 0.125. The van der Waals surface area contributed by atoms with Crippen LogP contribution in [-0.4, -0.2) is 126 Å². The van der Waals surface area contributed by atoms with Gasteiger partial charge in [-0.15, -0.1) is 0 Å². The molecule has 2 aromatic carbocycles. The minimum absolute atomic E-state index is 0.0241. The van der Waals surface area contributed by atoms with Crippen molar-refractivity contribution >= 4 is 11.0 Å². The number of benzene rings is 2. The number of phenolic OH excluding ortho intramolecular Hbond substituents is 3. The molecular formula is C27H30O16. The molecule has 3 aromatic rings. The predicted molar refractivity (Wildman–Crippen MR) is 140 cm³/mol. The molecule has 2 saturated heterocycles. The Morgan fingerprint density at radius 3 is 2.12 bits per heavy atom. The third kappa shape index (κ3) is 5.73. The Balaban J connectivity index is 1.33. The van der Waals surface area contributed by atoms with Crippen LogP contribution in [0.2, 0.25) is 0 Å². The lowest BCUT2D eigenvalue weighted by molar-refractivity contribution is -0.323. The smallest absolute Gasteiger partial charge is 0.229 e. The summed E-state index contributed by atoms with van der Waals surface area (Å²) in [5, 5.41) is 100. The fraction of sp³-hybridized carbons (Fsp3) is 0.444. The number of aromatic hydroxyl groups is 3. The second-order valence-electron chi connectivity index (χ2n) is 10.1. The van der Waals surface area contributed by atoms with Gasteiger partial charge in [0.05, 0.1) is 18.8 Å². The van der Waals surface area contributed by atoms with Crippen LogP contribution in [0.25, 0.3) is 22.1 Å². The van der Waals surface area contributed by atoms with Crippen LogP contribution >= 0.6 is 0 Å². The zero-order chi connectivity index (χ0) is 31.2. The highest BCUT2D eigenvalue weighted by Gasteiger charge is 2.47. The molecule has 10 atom stereocenters. The number of fused-ring (bicyclic) bond motifs is 1. The summed E-state index contributed by atoms with van der Waals surface area (Å²) in [5.74, 6) is -2.44. The topological polar surface area (TPSA) is 269 Å². The van der Waals surface area contributed by atoms with Crippen LogP contribution in [0, 0.1) is 0 Å². The number of ether oxygens (including phenoxy) is 4. The fourth-order valence-corrected chi connectivity index (χ4v) is 4.86. The van der Waals surface area contributed by atoms with Gasteiger partial charge in [0.1, 0.15) is 71.8 Å². The van der Waals surface area contributed by atoms with Gasteiger partial charge in [-0.2, -0.15) is 0 Å². The van der Waals surface area contributed by atoms with Crippen LogP contribution in [0.15, 0.2) is 45.8 Å². The first-order valence-corrected chi connectivity index (χ1v) is 13.0. The van der Waals surface area contributed by atoms with Crippen LogP contribution in [0.5, 0.6) is 23.0 Å². The van der Waals surface area contributed by atoms with Crippen molar-refractivity contribution in [3.8, 4) is 34.1 Å². The number of hydrogen-bond acceptors (Lipinski definition) is 16. The molecule has 43 heavy (non-hydrogen) atoms. The summed E-state index contributed by atoms with van der Waals surface area (Å²) >= 11 is 0. The van der Waals surface area contributed by atoms with E-state index >= 15 is 0 Å². The molecule has 0 bridgehead atoms. The van der Waals surface area contributed by atoms with E-state index in [1.165, 1.54) is 24.3 Å². The number of aliphatic hydroxyl groups excluding tert-OH is 7. The molecule has 0 amide bonds. The van der Waals surface area contributed by atoms with Gasteiger partial charge in [-0.3, -0.25) is 4.79 Å². The van der Waals surface area contributed by atoms with E-state index < -0.39 is 97.3 Å². The summed E-state index contributed by atoms with van der Waals surface area (Å²) in [7, 11) is 0. The van der Waals surface area contributed by atoms with E-state index in [1.807, 2.05) is 0 Å². The zero-order valence-electron chi connectivity index (χ0n) is 22.1. The van der Waals surface area contributed by atoms with Crippen LogP contribution in [-0.2, 0) is 14.2 Å². The molecule has 234 valence electrons. The molecule has 16 nitrogen and oxygen atoms in total. The number of hydrogen-bond donors (Lipinski definition) is 10. The van der Waals surface area contributed by atoms with Gasteiger partial charge in [0.15, 0.2) is 17.8 Å². The Kier molecular flexibility index (Phi) is 8.77. The molecule has 16 heteroatoms. The summed E-state index contributed by atoms with van der Waals surface area (Å²) in [6.45, 7) is -1.25. The van der Waals surface area contributed by atoms with E-state index in [9.17, 15) is 55.9 Å². The lowest BCUT2D eigenvalue weighted by Crippen LogP contribution is -2.62. The molecule has 1 aromatic heterocycles. The first kappa shape index (κ1) is 30.9. The van der Waals surface area contributed by atoms with Crippen LogP contribution < -0.4 is 10.2 Å². The predicted octanol–water partition coefficient (Wildman–Crippen LogP) is -2.42. The minimum Gasteiger partial charge on any atom is -0.504 e. The minimum atomic E-state index is -1.79. The van der Waals surface area contributed by atoms with Gasteiger partial charge in [-0.05, 0) is 17.7 Å². The first-order valence-electron chi connectivity index (χ1n) is 13.0. The fourth-order valence-electron chi connectivity index (χ4n) is 4.86. The molecule has 2 aliphatic rings. The van der Waals surface area contributed by atoms with E-state index in [2.05, 4.69) is 0 Å². The maximum atomic E-state index is 13.1. The van der Waals surface area contributed by atoms with Gasteiger partial charge in [0.2, 0.25) is 17.5 Å². The highest BCUT2D eigenvalue weighted by molar-refractivity contribution is 5.90. The Labute approximate surface area is 241 Å². The highest BCUT2D eigenvalue weighted by Crippen LogP contribution is 2.40. The summed E-state index contributed by atoms with van der Waals surface area (Å²) in [6, 6.07) is 6.72. The van der Waals surface area contributed by atoms with Gasteiger partial charge < -0.3 is 74.4 Å². The van der Waals surface area contributed by atoms with Gasteiger partial charge in [-0.1, -0.05) is 12.1 Å². The van der Waals surface area contributed by atoms with Gasteiger partial charge >= 0.3 is 0 Å². The first-order chi connectivity index (χ1) is 20.4. The average Bonchev–Trinajstić information content (AvgIpc) is 2.99. The van der Waals surface area contributed by atoms with E-state index in [0.29, 0.717) is 0 Å². The standard InChI is InChI=1S/C27H30O16/c28-6-14-19(32)22(35)24(37)26(42-14)40-8-15-20(33)23(36)25(38)27(43-15)41-10-3-1-2-9(4-10)11-7-39-13-5-12(29)18(31)21(34)16(13)17(11)30/h1-5,7,14-15,19-20,22-29,31-38H,6,8H2/t14-,15-,19-,20-,22+,23+,24-,25-,26-,27-/m1/s1. The van der Waals surface area contributed by atoms with E-state index in [0.717, 1.165) is 12.3 Å². The van der Waals surface area contributed by atoms with Crippen LogP contribution in [0.3, 0.4) is 0 Å². The Bertz CT molecular complexity index is 1510. The number of phenols is 3. The zero-order valence-corrected chi connectivity index (χ0v) is 22.1. The summed E-state index contributed by atoms with van der Waals surface area (Å²) < 4.78 is 27.3. The van der Waals surface area contributed by atoms with Gasteiger partial charge in [0, 0.05) is 6.07 Å².